The van der Waals surface area contributed by atoms with Gasteiger partial charge in [-0.15, -0.1) is 0 Å². The van der Waals surface area contributed by atoms with Gasteiger partial charge in [0.05, 0.1) is 5.57 Å². The van der Waals surface area contributed by atoms with Crippen LogP contribution in [0.1, 0.15) is 60.8 Å². The number of hydrogen-bond acceptors (Lipinski definition) is 6. The van der Waals surface area contributed by atoms with Crippen molar-refractivity contribution in [1.29, 1.82) is 0 Å². The van der Waals surface area contributed by atoms with Crippen LogP contribution in [0.15, 0.2) is 11.6 Å². The first-order valence-electron chi connectivity index (χ1n) is 10.4. The molecule has 7 nitrogen and oxygen atoms in total. The molecule has 0 aromatic rings. The van der Waals surface area contributed by atoms with Gasteiger partial charge in [-0.3, -0.25) is 4.79 Å². The van der Waals surface area contributed by atoms with Crippen molar-refractivity contribution in [2.75, 3.05) is 6.61 Å². The van der Waals surface area contributed by atoms with Crippen molar-refractivity contribution in [3.8, 4) is 0 Å². The topological polar surface area (TPSA) is 102 Å². The van der Waals surface area contributed by atoms with Crippen molar-refractivity contribution < 1.29 is 29.0 Å². The number of allylic oxidation sites excluding steroid dienone is 1. The van der Waals surface area contributed by atoms with Gasteiger partial charge in [0, 0.05) is 12.3 Å². The molecule has 1 heterocycles. The van der Waals surface area contributed by atoms with Crippen LogP contribution in [0.2, 0.25) is 0 Å². The maximum Gasteiger partial charge on any atom is 0.336 e. The first-order chi connectivity index (χ1) is 13.3. The number of carbonyl (C=O) groups excluding carboxylic acids is 3. The summed E-state index contributed by atoms with van der Waals surface area (Å²) in [5.74, 6) is -1.45. The quantitative estimate of drug-likeness (QED) is 0.692. The molecule has 0 bridgehead atoms. The molecule has 3 aliphatic rings. The molecule has 2 fully saturated rings. The molecule has 0 aromatic carbocycles. The van der Waals surface area contributed by atoms with Gasteiger partial charge in [-0.1, -0.05) is 40.7 Å². The number of aliphatic hydroxyl groups is 1. The summed E-state index contributed by atoms with van der Waals surface area (Å²) < 4.78 is 11.2. The van der Waals surface area contributed by atoms with E-state index in [1.54, 1.807) is 6.08 Å². The van der Waals surface area contributed by atoms with Crippen LogP contribution in [0.4, 0.5) is 0 Å². The van der Waals surface area contributed by atoms with Crippen molar-refractivity contribution in [3.63, 3.8) is 0 Å². The second-order valence-electron chi connectivity index (χ2n) is 10.0. The summed E-state index contributed by atoms with van der Waals surface area (Å²) in [6.07, 6.45) is 3.21. The van der Waals surface area contributed by atoms with Crippen molar-refractivity contribution in [3.05, 3.63) is 11.6 Å². The zero-order valence-electron chi connectivity index (χ0n) is 18.2. The lowest BCUT2D eigenvalue weighted by Crippen LogP contribution is -2.66. The van der Waals surface area contributed by atoms with Crippen LogP contribution in [0, 0.1) is 22.7 Å². The third kappa shape index (κ3) is 3.27. The van der Waals surface area contributed by atoms with Crippen LogP contribution in [0.3, 0.4) is 0 Å². The first kappa shape index (κ1) is 21.8. The fraction of sp³-hybridized carbons (Fsp3) is 0.773. The summed E-state index contributed by atoms with van der Waals surface area (Å²) in [6.45, 7) is 11.1. The lowest BCUT2D eigenvalue weighted by atomic mass is 9.46. The number of rotatable bonds is 4. The van der Waals surface area contributed by atoms with Crippen molar-refractivity contribution in [1.82, 2.24) is 5.32 Å². The molecule has 0 spiro atoms. The monoisotopic (exact) mass is 407 g/mol. The van der Waals surface area contributed by atoms with E-state index in [9.17, 15) is 19.5 Å². The Morgan fingerprint density at radius 2 is 1.97 bits per heavy atom. The van der Waals surface area contributed by atoms with Crippen molar-refractivity contribution in [2.24, 2.45) is 22.7 Å². The smallest absolute Gasteiger partial charge is 0.336 e. The molecule has 1 saturated heterocycles. The molecule has 1 amide bonds. The van der Waals surface area contributed by atoms with Crippen LogP contribution in [0.5, 0.6) is 0 Å². The summed E-state index contributed by atoms with van der Waals surface area (Å²) in [7, 11) is 0. The van der Waals surface area contributed by atoms with E-state index in [1.807, 2.05) is 20.8 Å². The predicted molar refractivity (Wildman–Crippen MR) is 106 cm³/mol. The Morgan fingerprint density at radius 3 is 2.55 bits per heavy atom. The van der Waals surface area contributed by atoms with Crippen LogP contribution in [-0.2, 0) is 23.9 Å². The maximum atomic E-state index is 13.0. The minimum absolute atomic E-state index is 0.00284. The Morgan fingerprint density at radius 1 is 1.31 bits per heavy atom. The Hall–Kier alpha value is -1.89. The van der Waals surface area contributed by atoms with Gasteiger partial charge in [0.15, 0.2) is 0 Å². The Balaban J connectivity index is 1.97. The molecule has 2 aliphatic carbocycles. The van der Waals surface area contributed by atoms with Gasteiger partial charge in [0.1, 0.15) is 24.4 Å². The minimum Gasteiger partial charge on any atom is -0.460 e. The molecule has 5 atom stereocenters. The number of amides is 1. The number of nitrogens with one attached hydrogen (secondary N) is 1. The Labute approximate surface area is 172 Å². The number of hydrogen-bond donors (Lipinski definition) is 2. The molecule has 0 radical (unpaired) electrons. The standard InChI is InChI=1S/C22H33NO6/c1-12(2)17(23-13(3)24)19(26)29-16-9-10-20(4,5)15-8-7-14-18(25)28-11-22(14,27)21(15,16)6/h7,12,15-17,27H,8-11H2,1-6H3,(H,23,24)/t15-,16-,17-,21+,22+/m1/s1. The first-order valence-corrected chi connectivity index (χ1v) is 10.4. The van der Waals surface area contributed by atoms with E-state index in [0.29, 0.717) is 12.8 Å². The summed E-state index contributed by atoms with van der Waals surface area (Å²) in [6, 6.07) is -0.765. The molecule has 7 heteroatoms. The van der Waals surface area contributed by atoms with E-state index in [2.05, 4.69) is 19.2 Å². The van der Waals surface area contributed by atoms with Crippen LogP contribution >= 0.6 is 0 Å². The van der Waals surface area contributed by atoms with Crippen LogP contribution in [-0.4, -0.2) is 47.3 Å². The summed E-state index contributed by atoms with van der Waals surface area (Å²) in [4.78, 5) is 36.8. The molecule has 0 unspecified atom stereocenters. The second kappa shape index (κ2) is 7.11. The van der Waals surface area contributed by atoms with E-state index >= 15 is 0 Å². The molecule has 3 rings (SSSR count). The number of fused-ring (bicyclic) bond motifs is 3. The van der Waals surface area contributed by atoms with Crippen molar-refractivity contribution >= 4 is 17.8 Å². The molecular weight excluding hydrogens is 374 g/mol. The van der Waals surface area contributed by atoms with Gasteiger partial charge in [-0.2, -0.15) is 0 Å². The van der Waals surface area contributed by atoms with Gasteiger partial charge in [0.25, 0.3) is 0 Å². The zero-order valence-corrected chi connectivity index (χ0v) is 18.2. The van der Waals surface area contributed by atoms with Gasteiger partial charge >= 0.3 is 11.9 Å². The van der Waals surface area contributed by atoms with E-state index in [4.69, 9.17) is 9.47 Å². The highest BCUT2D eigenvalue weighted by Crippen LogP contribution is 2.63. The highest BCUT2D eigenvalue weighted by atomic mass is 16.6. The highest BCUT2D eigenvalue weighted by molar-refractivity contribution is 5.94. The third-order valence-electron chi connectivity index (χ3n) is 7.45. The van der Waals surface area contributed by atoms with Crippen LogP contribution in [0.25, 0.3) is 0 Å². The van der Waals surface area contributed by atoms with E-state index in [0.717, 1.165) is 6.42 Å². The lowest BCUT2D eigenvalue weighted by molar-refractivity contribution is -0.217. The zero-order chi connectivity index (χ0) is 21.8. The van der Waals surface area contributed by atoms with Crippen molar-refractivity contribution in [2.45, 2.75) is 78.6 Å². The van der Waals surface area contributed by atoms with Gasteiger partial charge in [0.2, 0.25) is 5.91 Å². The Kier molecular flexibility index (Phi) is 5.35. The average Bonchev–Trinajstić information content (AvgIpc) is 2.91. The Bertz CT molecular complexity index is 756. The number of carbonyl (C=O) groups is 3. The molecular formula is C22H33NO6. The predicted octanol–water partition coefficient (Wildman–Crippen LogP) is 2.12. The second-order valence-corrected chi connectivity index (χ2v) is 10.0. The van der Waals surface area contributed by atoms with E-state index < -0.39 is 35.1 Å². The van der Waals surface area contributed by atoms with Gasteiger partial charge in [-0.05, 0) is 36.5 Å². The molecule has 1 aliphatic heterocycles. The summed E-state index contributed by atoms with van der Waals surface area (Å²) in [5.41, 5.74) is -2.21. The number of ether oxygens (including phenoxy) is 2. The fourth-order valence-corrected chi connectivity index (χ4v) is 5.67. The summed E-state index contributed by atoms with van der Waals surface area (Å²) in [5, 5.41) is 14.3. The average molecular weight is 408 g/mol. The van der Waals surface area contributed by atoms with E-state index in [-0.39, 0.29) is 35.3 Å². The largest absolute Gasteiger partial charge is 0.460 e. The molecule has 0 aromatic heterocycles. The van der Waals surface area contributed by atoms with Gasteiger partial charge < -0.3 is 19.9 Å². The lowest BCUT2D eigenvalue weighted by Gasteiger charge is -2.60. The number of cyclic esters (lactones) is 1. The molecule has 29 heavy (non-hydrogen) atoms. The highest BCUT2D eigenvalue weighted by Gasteiger charge is 2.69. The molecule has 2 N–H and O–H groups in total. The minimum atomic E-state index is -1.50. The SMILES string of the molecule is CC(=O)N[C@@H](C(=O)O[C@@H]1CCC(C)(C)[C@H]2CC=C3C(=O)OC[C@@]3(O)[C@@]21C)C(C)C. The van der Waals surface area contributed by atoms with E-state index in [1.165, 1.54) is 6.92 Å². The normalized spacial score (nSPS) is 36.4. The number of esters is 2. The fourth-order valence-electron chi connectivity index (χ4n) is 5.67. The van der Waals surface area contributed by atoms with Gasteiger partial charge in [-0.25, -0.2) is 9.59 Å². The molecule has 1 saturated carbocycles. The molecule has 162 valence electrons. The van der Waals surface area contributed by atoms with Crippen LogP contribution < -0.4 is 5.32 Å². The summed E-state index contributed by atoms with van der Waals surface area (Å²) >= 11 is 0. The third-order valence-corrected chi connectivity index (χ3v) is 7.45. The maximum absolute atomic E-state index is 13.0.